The fourth-order valence-electron chi connectivity index (χ4n) is 3.21. The first-order valence-electron chi connectivity index (χ1n) is 8.42. The molecule has 2 heterocycles. The predicted molar refractivity (Wildman–Crippen MR) is 89.4 cm³/mol. The summed E-state index contributed by atoms with van der Waals surface area (Å²) in [6.45, 7) is 3.64. The maximum Gasteiger partial charge on any atom is 0.230 e. The molecule has 1 unspecified atom stereocenters. The maximum atomic E-state index is 13.1. The van der Waals surface area contributed by atoms with Gasteiger partial charge in [-0.05, 0) is 51.0 Å². The Bertz CT molecular complexity index is 982. The number of nitrogens with zero attached hydrogens (tertiary/aromatic N) is 6. The third kappa shape index (κ3) is 2.75. The van der Waals surface area contributed by atoms with Crippen molar-refractivity contribution < 1.29 is 8.91 Å². The molecule has 7 nitrogen and oxygen atoms in total. The Balaban J connectivity index is 1.57. The molecule has 0 saturated heterocycles. The Hall–Kier alpha value is -3.08. The summed E-state index contributed by atoms with van der Waals surface area (Å²) < 4.78 is 20.2. The SMILES string of the molecule is CC(C)(C#N)n1nnc2c1CCC(c1nc(-c3ccc(F)cc3)no1)C2. The van der Waals surface area contributed by atoms with E-state index in [1.54, 1.807) is 16.8 Å². The van der Waals surface area contributed by atoms with Crippen LogP contribution < -0.4 is 0 Å². The molecule has 1 aromatic carbocycles. The predicted octanol–water partition coefficient (Wildman–Crippen LogP) is 3.00. The summed E-state index contributed by atoms with van der Waals surface area (Å²) in [7, 11) is 0. The van der Waals surface area contributed by atoms with Gasteiger partial charge in [-0.15, -0.1) is 5.10 Å². The number of rotatable bonds is 3. The van der Waals surface area contributed by atoms with E-state index >= 15 is 0 Å². The number of hydrogen-bond donors (Lipinski definition) is 0. The van der Waals surface area contributed by atoms with Gasteiger partial charge in [0, 0.05) is 17.9 Å². The van der Waals surface area contributed by atoms with E-state index in [0.717, 1.165) is 24.2 Å². The molecule has 8 heteroatoms. The van der Waals surface area contributed by atoms with Crippen LogP contribution in [0.25, 0.3) is 11.4 Å². The molecule has 0 N–H and O–H groups in total. The highest BCUT2D eigenvalue weighted by molar-refractivity contribution is 5.53. The lowest BCUT2D eigenvalue weighted by Gasteiger charge is -2.23. The zero-order valence-corrected chi connectivity index (χ0v) is 14.5. The quantitative estimate of drug-likeness (QED) is 0.719. The van der Waals surface area contributed by atoms with Gasteiger partial charge < -0.3 is 4.52 Å². The van der Waals surface area contributed by atoms with Gasteiger partial charge in [0.1, 0.15) is 11.4 Å². The van der Waals surface area contributed by atoms with Crippen molar-refractivity contribution in [1.29, 1.82) is 5.26 Å². The smallest absolute Gasteiger partial charge is 0.230 e. The number of halogens is 1. The molecule has 26 heavy (non-hydrogen) atoms. The summed E-state index contributed by atoms with van der Waals surface area (Å²) in [4.78, 5) is 4.47. The van der Waals surface area contributed by atoms with Crippen molar-refractivity contribution in [2.75, 3.05) is 0 Å². The molecule has 4 rings (SSSR count). The molecule has 0 amide bonds. The second-order valence-corrected chi connectivity index (χ2v) is 6.97. The normalized spacial score (nSPS) is 16.9. The van der Waals surface area contributed by atoms with Crippen molar-refractivity contribution in [2.24, 2.45) is 0 Å². The number of fused-ring (bicyclic) bond motifs is 1. The number of aromatic nitrogens is 5. The van der Waals surface area contributed by atoms with Crippen LogP contribution in [0.3, 0.4) is 0 Å². The second kappa shape index (κ2) is 6.02. The molecule has 0 radical (unpaired) electrons. The highest BCUT2D eigenvalue weighted by Crippen LogP contribution is 2.33. The van der Waals surface area contributed by atoms with Crippen LogP contribution in [-0.2, 0) is 18.4 Å². The Kier molecular flexibility index (Phi) is 3.80. The molecule has 1 aliphatic rings. The minimum atomic E-state index is -0.729. The van der Waals surface area contributed by atoms with Crippen LogP contribution in [0.5, 0.6) is 0 Å². The number of benzene rings is 1. The molecule has 0 spiro atoms. The average molecular weight is 352 g/mol. The minimum absolute atomic E-state index is 0.0551. The van der Waals surface area contributed by atoms with Gasteiger partial charge >= 0.3 is 0 Å². The number of nitriles is 1. The van der Waals surface area contributed by atoms with Crippen molar-refractivity contribution in [2.45, 2.75) is 44.6 Å². The van der Waals surface area contributed by atoms with E-state index in [-0.39, 0.29) is 11.7 Å². The van der Waals surface area contributed by atoms with E-state index in [9.17, 15) is 9.65 Å². The summed E-state index contributed by atoms with van der Waals surface area (Å²) in [5, 5.41) is 21.8. The zero-order valence-electron chi connectivity index (χ0n) is 14.5. The topological polar surface area (TPSA) is 93.4 Å². The molecular weight excluding hydrogens is 335 g/mol. The Morgan fingerprint density at radius 1 is 1.31 bits per heavy atom. The van der Waals surface area contributed by atoms with E-state index in [0.29, 0.717) is 23.7 Å². The van der Waals surface area contributed by atoms with Gasteiger partial charge in [-0.1, -0.05) is 10.4 Å². The number of hydrogen-bond acceptors (Lipinski definition) is 6. The monoisotopic (exact) mass is 352 g/mol. The van der Waals surface area contributed by atoms with Gasteiger partial charge in [0.25, 0.3) is 0 Å². The second-order valence-electron chi connectivity index (χ2n) is 6.97. The van der Waals surface area contributed by atoms with E-state index in [1.165, 1.54) is 12.1 Å². The molecule has 0 bridgehead atoms. The highest BCUT2D eigenvalue weighted by Gasteiger charge is 2.33. The molecule has 1 aliphatic carbocycles. The Labute approximate surface area is 149 Å². The van der Waals surface area contributed by atoms with Crippen LogP contribution in [-0.4, -0.2) is 25.1 Å². The lowest BCUT2D eigenvalue weighted by molar-refractivity contribution is 0.334. The first kappa shape index (κ1) is 16.4. The highest BCUT2D eigenvalue weighted by atomic mass is 19.1. The van der Waals surface area contributed by atoms with E-state index in [4.69, 9.17) is 4.52 Å². The molecule has 0 fully saturated rings. The van der Waals surface area contributed by atoms with E-state index in [1.807, 2.05) is 13.8 Å². The molecule has 3 aromatic rings. The molecule has 2 aromatic heterocycles. The summed E-state index contributed by atoms with van der Waals surface area (Å²) in [6.07, 6.45) is 2.20. The molecule has 0 saturated carbocycles. The molecule has 132 valence electrons. The lowest BCUT2D eigenvalue weighted by atomic mass is 9.89. The van der Waals surface area contributed by atoms with Crippen LogP contribution in [0.4, 0.5) is 4.39 Å². The third-order valence-corrected chi connectivity index (χ3v) is 4.71. The summed E-state index contributed by atoms with van der Waals surface area (Å²) in [5.41, 5.74) is 1.84. The Morgan fingerprint density at radius 3 is 2.81 bits per heavy atom. The average Bonchev–Trinajstić information content (AvgIpc) is 3.29. The molecule has 1 atom stereocenters. The zero-order chi connectivity index (χ0) is 18.3. The van der Waals surface area contributed by atoms with Crippen molar-refractivity contribution in [3.8, 4) is 17.5 Å². The standard InChI is InChI=1S/C18H17FN6O/c1-18(2,10-20)25-15-8-5-12(9-14(15)22-24-25)17-21-16(23-26-17)11-3-6-13(19)7-4-11/h3-4,6-7,12H,5,8-9H2,1-2H3. The summed E-state index contributed by atoms with van der Waals surface area (Å²) in [5.74, 6) is 0.740. The fraction of sp³-hybridized carbons (Fsp3) is 0.389. The van der Waals surface area contributed by atoms with Crippen molar-refractivity contribution >= 4 is 0 Å². The first-order chi connectivity index (χ1) is 12.5. The minimum Gasteiger partial charge on any atom is -0.339 e. The van der Waals surface area contributed by atoms with Crippen LogP contribution >= 0.6 is 0 Å². The largest absolute Gasteiger partial charge is 0.339 e. The third-order valence-electron chi connectivity index (χ3n) is 4.71. The van der Waals surface area contributed by atoms with Crippen LogP contribution in [0.1, 0.15) is 43.5 Å². The van der Waals surface area contributed by atoms with Crippen molar-refractivity contribution in [1.82, 2.24) is 25.1 Å². The van der Waals surface area contributed by atoms with Gasteiger partial charge in [0.2, 0.25) is 11.7 Å². The molecular formula is C18H17FN6O. The lowest BCUT2D eigenvalue weighted by Crippen LogP contribution is -2.28. The summed E-state index contributed by atoms with van der Waals surface area (Å²) in [6, 6.07) is 8.24. The Morgan fingerprint density at radius 2 is 2.08 bits per heavy atom. The van der Waals surface area contributed by atoms with Crippen molar-refractivity contribution in [3.05, 3.63) is 47.4 Å². The van der Waals surface area contributed by atoms with E-state index in [2.05, 4.69) is 26.5 Å². The fourth-order valence-corrected chi connectivity index (χ4v) is 3.21. The van der Waals surface area contributed by atoms with Gasteiger partial charge in [0.15, 0.2) is 0 Å². The maximum absolute atomic E-state index is 13.1. The first-order valence-corrected chi connectivity index (χ1v) is 8.42. The van der Waals surface area contributed by atoms with Gasteiger partial charge in [-0.2, -0.15) is 10.2 Å². The van der Waals surface area contributed by atoms with Crippen LogP contribution in [0.15, 0.2) is 28.8 Å². The van der Waals surface area contributed by atoms with Crippen LogP contribution in [0.2, 0.25) is 0 Å². The van der Waals surface area contributed by atoms with Gasteiger partial charge in [-0.3, -0.25) is 0 Å². The molecule has 0 aliphatic heterocycles. The summed E-state index contributed by atoms with van der Waals surface area (Å²) >= 11 is 0. The van der Waals surface area contributed by atoms with Crippen molar-refractivity contribution in [3.63, 3.8) is 0 Å². The van der Waals surface area contributed by atoms with Gasteiger partial charge in [-0.25, -0.2) is 9.07 Å². The van der Waals surface area contributed by atoms with Crippen LogP contribution in [0, 0.1) is 17.1 Å². The van der Waals surface area contributed by atoms with E-state index < -0.39 is 5.54 Å². The van der Waals surface area contributed by atoms with Gasteiger partial charge in [0.05, 0.1) is 17.5 Å².